The van der Waals surface area contributed by atoms with Gasteiger partial charge < -0.3 is 11.1 Å². The zero-order chi connectivity index (χ0) is 19.8. The number of fused-ring (bicyclic) bond motifs is 1. The molecule has 4 N–H and O–H groups in total. The van der Waals surface area contributed by atoms with E-state index >= 15 is 0 Å². The Morgan fingerprint density at radius 3 is 2.64 bits per heavy atom. The molecule has 9 heteroatoms. The van der Waals surface area contributed by atoms with Gasteiger partial charge in [-0.05, 0) is 49.4 Å². The summed E-state index contributed by atoms with van der Waals surface area (Å²) in [6.45, 7) is 1.75. The molecule has 2 aromatic heterocycles. The smallest absolute Gasteiger partial charge is 0.269 e. The van der Waals surface area contributed by atoms with Gasteiger partial charge in [0.05, 0.1) is 28.7 Å². The van der Waals surface area contributed by atoms with Crippen LogP contribution in [0.1, 0.15) is 26.5 Å². The molecule has 0 unspecified atom stereocenters. The van der Waals surface area contributed by atoms with E-state index < -0.39 is 5.91 Å². The Bertz CT molecular complexity index is 1210. The van der Waals surface area contributed by atoms with Gasteiger partial charge in [-0.25, -0.2) is 9.07 Å². The SMILES string of the molecule is Cc1c(C(=O)Nc2ccc3[nH]nc(C(N)=O)c3c2)cnn1-c1ccc(F)cc1. The molecule has 4 rings (SSSR count). The van der Waals surface area contributed by atoms with Crippen LogP contribution in [0.4, 0.5) is 10.1 Å². The number of H-pyrrole nitrogens is 1. The molecule has 0 atom stereocenters. The lowest BCUT2D eigenvalue weighted by atomic mass is 10.1. The van der Waals surface area contributed by atoms with Crippen molar-refractivity contribution in [3.63, 3.8) is 0 Å². The second kappa shape index (κ2) is 6.62. The molecule has 2 heterocycles. The molecule has 140 valence electrons. The Morgan fingerprint density at radius 1 is 1.18 bits per heavy atom. The van der Waals surface area contributed by atoms with Crippen molar-refractivity contribution in [3.05, 3.63) is 71.4 Å². The van der Waals surface area contributed by atoms with Crippen molar-refractivity contribution in [2.24, 2.45) is 5.73 Å². The molecule has 0 aliphatic carbocycles. The second-order valence-corrected chi connectivity index (χ2v) is 6.18. The van der Waals surface area contributed by atoms with Crippen molar-refractivity contribution in [1.82, 2.24) is 20.0 Å². The fourth-order valence-electron chi connectivity index (χ4n) is 2.95. The van der Waals surface area contributed by atoms with Crippen LogP contribution in [-0.4, -0.2) is 31.8 Å². The monoisotopic (exact) mass is 378 g/mol. The largest absolute Gasteiger partial charge is 0.364 e. The van der Waals surface area contributed by atoms with E-state index in [2.05, 4.69) is 20.6 Å². The van der Waals surface area contributed by atoms with Crippen LogP contribution in [0.15, 0.2) is 48.7 Å². The first-order valence-corrected chi connectivity index (χ1v) is 8.34. The Kier molecular flexibility index (Phi) is 4.11. The summed E-state index contributed by atoms with van der Waals surface area (Å²) in [5.41, 5.74) is 8.14. The molecule has 8 nitrogen and oxygen atoms in total. The lowest BCUT2D eigenvalue weighted by Gasteiger charge is -2.07. The van der Waals surface area contributed by atoms with Crippen LogP contribution in [-0.2, 0) is 0 Å². The van der Waals surface area contributed by atoms with Gasteiger partial charge in [0.1, 0.15) is 5.82 Å². The van der Waals surface area contributed by atoms with Crippen LogP contribution in [0.25, 0.3) is 16.6 Å². The summed E-state index contributed by atoms with van der Waals surface area (Å²) in [6.07, 6.45) is 1.44. The number of primary amides is 1. The molecule has 28 heavy (non-hydrogen) atoms. The minimum atomic E-state index is -0.661. The van der Waals surface area contributed by atoms with Crippen molar-refractivity contribution >= 4 is 28.4 Å². The van der Waals surface area contributed by atoms with Gasteiger partial charge >= 0.3 is 0 Å². The molecule has 0 bridgehead atoms. The number of benzene rings is 2. The number of nitrogens with zero attached hydrogens (tertiary/aromatic N) is 3. The first-order valence-electron chi connectivity index (χ1n) is 8.34. The standard InChI is InChI=1S/C19H15FN6O2/c1-10-15(9-22-26(10)13-5-2-11(20)3-6-13)19(28)23-12-4-7-16-14(8-12)17(18(21)27)25-24-16/h2-9H,1H3,(H2,21,27)(H,23,28)(H,24,25). The average molecular weight is 378 g/mol. The zero-order valence-electron chi connectivity index (χ0n) is 14.7. The predicted molar refractivity (Wildman–Crippen MR) is 101 cm³/mol. The second-order valence-electron chi connectivity index (χ2n) is 6.18. The Labute approximate surface area is 158 Å². The van der Waals surface area contributed by atoms with Crippen LogP contribution in [0.5, 0.6) is 0 Å². The van der Waals surface area contributed by atoms with Crippen LogP contribution < -0.4 is 11.1 Å². The number of carbonyl (C=O) groups is 2. The number of aromatic amines is 1. The fourth-order valence-corrected chi connectivity index (χ4v) is 2.95. The maximum Gasteiger partial charge on any atom is 0.269 e. The minimum absolute atomic E-state index is 0.103. The molecule has 0 fully saturated rings. The van der Waals surface area contributed by atoms with Gasteiger partial charge in [0.15, 0.2) is 5.69 Å². The van der Waals surface area contributed by atoms with E-state index in [0.717, 1.165) is 0 Å². The summed E-state index contributed by atoms with van der Waals surface area (Å²) in [6, 6.07) is 10.8. The molecule has 2 amide bonds. The summed E-state index contributed by atoms with van der Waals surface area (Å²) in [4.78, 5) is 24.1. The number of hydrogen-bond donors (Lipinski definition) is 3. The van der Waals surface area contributed by atoms with Crippen molar-refractivity contribution in [2.45, 2.75) is 6.92 Å². The highest BCUT2D eigenvalue weighted by atomic mass is 19.1. The van der Waals surface area contributed by atoms with Crippen molar-refractivity contribution in [2.75, 3.05) is 5.32 Å². The number of amides is 2. The quantitative estimate of drug-likeness (QED) is 0.506. The molecule has 0 saturated carbocycles. The number of nitrogens with one attached hydrogen (secondary N) is 2. The van der Waals surface area contributed by atoms with E-state index in [1.807, 2.05) is 0 Å². The Morgan fingerprint density at radius 2 is 1.93 bits per heavy atom. The number of halogens is 1. The molecule has 0 aliphatic rings. The van der Waals surface area contributed by atoms with Gasteiger partial charge in [0.2, 0.25) is 0 Å². The van der Waals surface area contributed by atoms with Gasteiger partial charge in [0, 0.05) is 11.1 Å². The normalized spacial score (nSPS) is 10.9. The van der Waals surface area contributed by atoms with Crippen LogP contribution in [0.3, 0.4) is 0 Å². The third kappa shape index (κ3) is 2.98. The van der Waals surface area contributed by atoms with E-state index in [9.17, 15) is 14.0 Å². The van der Waals surface area contributed by atoms with E-state index in [1.165, 1.54) is 18.3 Å². The molecular formula is C19H15FN6O2. The number of carbonyl (C=O) groups excluding carboxylic acids is 2. The lowest BCUT2D eigenvalue weighted by molar-refractivity contribution is 0.0995. The van der Waals surface area contributed by atoms with Crippen molar-refractivity contribution < 1.29 is 14.0 Å². The highest BCUT2D eigenvalue weighted by molar-refractivity contribution is 6.08. The van der Waals surface area contributed by atoms with Crippen molar-refractivity contribution in [3.8, 4) is 5.69 Å². The first-order chi connectivity index (χ1) is 13.4. The molecule has 0 aliphatic heterocycles. The summed E-state index contributed by atoms with van der Waals surface area (Å²) < 4.78 is 14.7. The molecule has 0 saturated heterocycles. The van der Waals surface area contributed by atoms with Crippen LogP contribution in [0, 0.1) is 12.7 Å². The lowest BCUT2D eigenvalue weighted by Crippen LogP contribution is -2.13. The molecule has 4 aromatic rings. The summed E-state index contributed by atoms with van der Waals surface area (Å²) in [5, 5.41) is 14.1. The summed E-state index contributed by atoms with van der Waals surface area (Å²) in [7, 11) is 0. The molecule has 2 aromatic carbocycles. The highest BCUT2D eigenvalue weighted by Gasteiger charge is 2.17. The van der Waals surface area contributed by atoms with Gasteiger partial charge in [-0.2, -0.15) is 10.2 Å². The van der Waals surface area contributed by atoms with Crippen molar-refractivity contribution in [1.29, 1.82) is 0 Å². The maximum atomic E-state index is 13.1. The highest BCUT2D eigenvalue weighted by Crippen LogP contribution is 2.22. The van der Waals surface area contributed by atoms with E-state index in [4.69, 9.17) is 5.73 Å². The van der Waals surface area contributed by atoms with Gasteiger partial charge in [0.25, 0.3) is 11.8 Å². The molecular weight excluding hydrogens is 363 g/mol. The zero-order valence-corrected chi connectivity index (χ0v) is 14.7. The van der Waals surface area contributed by atoms with Crippen LogP contribution >= 0.6 is 0 Å². The van der Waals surface area contributed by atoms with Gasteiger partial charge in [-0.1, -0.05) is 0 Å². The predicted octanol–water partition coefficient (Wildman–Crippen LogP) is 2.55. The number of aromatic nitrogens is 4. The third-order valence-electron chi connectivity index (χ3n) is 4.38. The summed E-state index contributed by atoms with van der Waals surface area (Å²) >= 11 is 0. The van der Waals surface area contributed by atoms with E-state index in [1.54, 1.807) is 41.9 Å². The number of rotatable bonds is 4. The van der Waals surface area contributed by atoms with Gasteiger partial charge in [-0.15, -0.1) is 0 Å². The van der Waals surface area contributed by atoms with E-state index in [0.29, 0.717) is 33.5 Å². The third-order valence-corrected chi connectivity index (χ3v) is 4.38. The maximum absolute atomic E-state index is 13.1. The average Bonchev–Trinajstić information content (AvgIpc) is 3.26. The van der Waals surface area contributed by atoms with Crippen LogP contribution in [0.2, 0.25) is 0 Å². The fraction of sp³-hybridized carbons (Fsp3) is 0.0526. The minimum Gasteiger partial charge on any atom is -0.364 e. The topological polar surface area (TPSA) is 119 Å². The molecule has 0 spiro atoms. The number of anilines is 1. The Hall–Kier alpha value is -4.01. The summed E-state index contributed by atoms with van der Waals surface area (Å²) in [5.74, 6) is -1.38. The first kappa shape index (κ1) is 17.4. The van der Waals surface area contributed by atoms with Gasteiger partial charge in [-0.3, -0.25) is 14.7 Å². The van der Waals surface area contributed by atoms with E-state index in [-0.39, 0.29) is 17.4 Å². The number of nitrogens with two attached hydrogens (primary N) is 1. The molecule has 0 radical (unpaired) electrons. The number of hydrogen-bond acceptors (Lipinski definition) is 4. The Balaban J connectivity index is 1.62.